The molecule has 2 aliphatic heterocycles. The van der Waals surface area contributed by atoms with Crippen LogP contribution in [0.3, 0.4) is 0 Å². The Morgan fingerprint density at radius 3 is 2.27 bits per heavy atom. The van der Waals surface area contributed by atoms with Crippen molar-refractivity contribution >= 4 is 17.5 Å². The van der Waals surface area contributed by atoms with E-state index in [4.69, 9.17) is 24.0 Å². The normalized spacial score (nSPS) is 16.8. The second-order valence-corrected chi connectivity index (χ2v) is 10.5. The van der Waals surface area contributed by atoms with E-state index in [0.29, 0.717) is 66.8 Å². The second-order valence-electron chi connectivity index (χ2n) is 10.5. The van der Waals surface area contributed by atoms with E-state index in [1.165, 1.54) is 17.1 Å². The van der Waals surface area contributed by atoms with Gasteiger partial charge in [-0.15, -0.1) is 0 Å². The summed E-state index contributed by atoms with van der Waals surface area (Å²) in [5, 5.41) is 6.18. The summed E-state index contributed by atoms with van der Waals surface area (Å²) in [5.74, 6) is 0.810. The van der Waals surface area contributed by atoms with Gasteiger partial charge >= 0.3 is 0 Å². The van der Waals surface area contributed by atoms with Crippen LogP contribution in [0.1, 0.15) is 33.9 Å². The molecular formula is C33H37FN4O6. The Labute approximate surface area is 256 Å². The summed E-state index contributed by atoms with van der Waals surface area (Å²) in [6, 6.07) is 17.8. The van der Waals surface area contributed by atoms with Gasteiger partial charge < -0.3 is 23.8 Å². The average molecular weight is 605 g/mol. The number of hydrogen-bond acceptors (Lipinski definition) is 8. The third-order valence-corrected chi connectivity index (χ3v) is 7.88. The minimum absolute atomic E-state index is 0.191. The van der Waals surface area contributed by atoms with E-state index in [2.05, 4.69) is 4.90 Å². The fraction of sp³-hybridized carbons (Fsp3) is 0.364. The van der Waals surface area contributed by atoms with Gasteiger partial charge in [0.15, 0.2) is 0 Å². The number of halogens is 1. The topological polar surface area (TPSA) is 93.1 Å². The first-order chi connectivity index (χ1) is 21.4. The van der Waals surface area contributed by atoms with Crippen LogP contribution in [-0.4, -0.2) is 99.6 Å². The highest BCUT2D eigenvalue weighted by molar-refractivity contribution is 6.05. The summed E-state index contributed by atoms with van der Waals surface area (Å²) < 4.78 is 35.5. The fourth-order valence-electron chi connectivity index (χ4n) is 5.38. The zero-order chi connectivity index (χ0) is 31.1. The molecule has 11 heteroatoms. The zero-order valence-electron chi connectivity index (χ0n) is 25.2. The van der Waals surface area contributed by atoms with Crippen molar-refractivity contribution in [3.63, 3.8) is 0 Å². The van der Waals surface area contributed by atoms with Crippen molar-refractivity contribution in [1.82, 2.24) is 14.8 Å². The van der Waals surface area contributed by atoms with Gasteiger partial charge in [-0.1, -0.05) is 12.1 Å². The number of amides is 2. The Balaban J connectivity index is 1.44. The maximum absolute atomic E-state index is 14.1. The lowest BCUT2D eigenvalue weighted by Gasteiger charge is -2.31. The fourth-order valence-corrected chi connectivity index (χ4v) is 5.38. The summed E-state index contributed by atoms with van der Waals surface area (Å²) in [5.41, 5.74) is 2.53. The largest absolute Gasteiger partial charge is 0.497 e. The number of rotatable bonds is 11. The molecule has 0 saturated carbocycles. The van der Waals surface area contributed by atoms with Crippen molar-refractivity contribution in [2.75, 3.05) is 67.3 Å². The molecule has 232 valence electrons. The Morgan fingerprint density at radius 1 is 0.932 bits per heavy atom. The summed E-state index contributed by atoms with van der Waals surface area (Å²) in [6.45, 7) is 3.52. The van der Waals surface area contributed by atoms with Crippen molar-refractivity contribution in [1.29, 1.82) is 0 Å². The van der Waals surface area contributed by atoms with Gasteiger partial charge in [0.1, 0.15) is 29.6 Å². The van der Waals surface area contributed by atoms with E-state index in [1.807, 2.05) is 6.07 Å². The molecule has 3 aromatic rings. The molecular weight excluding hydrogens is 567 g/mol. The Morgan fingerprint density at radius 2 is 1.61 bits per heavy atom. The molecule has 2 heterocycles. The molecule has 0 unspecified atom stereocenters. The third-order valence-electron chi connectivity index (χ3n) is 7.88. The molecule has 5 rings (SSSR count). The van der Waals surface area contributed by atoms with Crippen LogP contribution in [0.5, 0.6) is 17.2 Å². The molecule has 0 bridgehead atoms. The average Bonchev–Trinajstić information content (AvgIpc) is 3.52. The zero-order valence-corrected chi connectivity index (χ0v) is 25.2. The Bertz CT molecular complexity index is 1470. The van der Waals surface area contributed by atoms with Gasteiger partial charge in [0, 0.05) is 49.8 Å². The number of morpholine rings is 1. The van der Waals surface area contributed by atoms with Crippen LogP contribution < -0.4 is 14.2 Å². The van der Waals surface area contributed by atoms with Crippen LogP contribution in [0.4, 0.5) is 4.39 Å². The number of hydrazone groups is 1. The Kier molecular flexibility index (Phi) is 10.1. The number of hydrogen-bond donors (Lipinski definition) is 0. The number of benzene rings is 3. The summed E-state index contributed by atoms with van der Waals surface area (Å²) in [4.78, 5) is 31.6. The lowest BCUT2D eigenvalue weighted by Crippen LogP contribution is -2.46. The minimum Gasteiger partial charge on any atom is -0.497 e. The molecule has 10 nitrogen and oxygen atoms in total. The number of carbonyl (C=O) groups is 2. The van der Waals surface area contributed by atoms with Gasteiger partial charge in [-0.05, 0) is 54.1 Å². The lowest BCUT2D eigenvalue weighted by molar-refractivity contribution is -0.133. The third kappa shape index (κ3) is 7.17. The molecule has 1 atom stereocenters. The SMILES string of the molecule is COc1ccc(C(=O)N(CCN2CCOCC2)CC(=O)N2N=C(c3ccc(OC)cc3OC)C[C@H]2c2ccc(F)cc2)cc1. The molecule has 2 aliphatic rings. The van der Waals surface area contributed by atoms with E-state index in [1.54, 1.807) is 74.8 Å². The smallest absolute Gasteiger partial charge is 0.262 e. The first kappa shape index (κ1) is 31.0. The molecule has 2 amide bonds. The standard InChI is InChI=1S/C33H37FN4O6/c1-41-26-10-6-24(7-11-26)33(40)37(15-14-36-16-18-44-19-17-36)22-32(39)38-30(23-4-8-25(34)9-5-23)21-29(35-38)28-13-12-27(42-2)20-31(28)43-3/h4-13,20,30H,14-19,21-22H2,1-3H3/t30-/m0/s1. The molecule has 1 fully saturated rings. The van der Waals surface area contributed by atoms with E-state index in [0.717, 1.165) is 18.7 Å². The number of nitrogens with zero attached hydrogens (tertiary/aromatic N) is 4. The molecule has 0 spiro atoms. The first-order valence-corrected chi connectivity index (χ1v) is 14.5. The van der Waals surface area contributed by atoms with Gasteiger partial charge in [-0.25, -0.2) is 9.40 Å². The van der Waals surface area contributed by atoms with Crippen LogP contribution >= 0.6 is 0 Å². The number of methoxy groups -OCH3 is 3. The molecule has 0 aromatic heterocycles. The predicted octanol–water partition coefficient (Wildman–Crippen LogP) is 4.00. The van der Waals surface area contributed by atoms with E-state index in [-0.39, 0.29) is 24.2 Å². The highest BCUT2D eigenvalue weighted by atomic mass is 19.1. The number of carbonyl (C=O) groups excluding carboxylic acids is 2. The van der Waals surface area contributed by atoms with Crippen LogP contribution in [0, 0.1) is 5.82 Å². The van der Waals surface area contributed by atoms with Crippen molar-refractivity contribution in [3.05, 3.63) is 89.2 Å². The molecule has 0 aliphatic carbocycles. The highest BCUT2D eigenvalue weighted by Crippen LogP contribution is 2.36. The molecule has 44 heavy (non-hydrogen) atoms. The van der Waals surface area contributed by atoms with E-state index < -0.39 is 6.04 Å². The molecule has 0 radical (unpaired) electrons. The van der Waals surface area contributed by atoms with E-state index >= 15 is 0 Å². The van der Waals surface area contributed by atoms with Crippen LogP contribution in [0.25, 0.3) is 0 Å². The van der Waals surface area contributed by atoms with Crippen molar-refractivity contribution in [2.24, 2.45) is 5.10 Å². The van der Waals surface area contributed by atoms with Gasteiger partial charge in [-0.3, -0.25) is 14.5 Å². The van der Waals surface area contributed by atoms with Crippen LogP contribution in [0.2, 0.25) is 0 Å². The van der Waals surface area contributed by atoms with Crippen molar-refractivity contribution in [2.45, 2.75) is 12.5 Å². The maximum Gasteiger partial charge on any atom is 0.262 e. The van der Waals surface area contributed by atoms with Crippen molar-refractivity contribution in [3.8, 4) is 17.2 Å². The quantitative estimate of drug-likeness (QED) is 0.327. The number of ether oxygens (including phenoxy) is 4. The molecule has 3 aromatic carbocycles. The van der Waals surface area contributed by atoms with Gasteiger partial charge in [0.05, 0.1) is 46.3 Å². The van der Waals surface area contributed by atoms with Gasteiger partial charge in [-0.2, -0.15) is 5.10 Å². The van der Waals surface area contributed by atoms with Gasteiger partial charge in [0.2, 0.25) is 0 Å². The van der Waals surface area contributed by atoms with Crippen molar-refractivity contribution < 1.29 is 32.9 Å². The molecule has 1 saturated heterocycles. The summed E-state index contributed by atoms with van der Waals surface area (Å²) in [6.07, 6.45) is 0.375. The highest BCUT2D eigenvalue weighted by Gasteiger charge is 2.35. The monoisotopic (exact) mass is 604 g/mol. The van der Waals surface area contributed by atoms with Crippen LogP contribution in [0.15, 0.2) is 71.8 Å². The second kappa shape index (κ2) is 14.3. The minimum atomic E-state index is -0.498. The maximum atomic E-state index is 14.1. The van der Waals surface area contributed by atoms with Gasteiger partial charge in [0.25, 0.3) is 11.8 Å². The summed E-state index contributed by atoms with van der Waals surface area (Å²) in [7, 11) is 4.70. The molecule has 0 N–H and O–H groups in total. The van der Waals surface area contributed by atoms with Crippen LogP contribution in [-0.2, 0) is 9.53 Å². The predicted molar refractivity (Wildman–Crippen MR) is 163 cm³/mol. The summed E-state index contributed by atoms with van der Waals surface area (Å²) >= 11 is 0. The Hall–Kier alpha value is -4.48. The lowest BCUT2D eigenvalue weighted by atomic mass is 9.97. The van der Waals surface area contributed by atoms with E-state index in [9.17, 15) is 14.0 Å². The first-order valence-electron chi connectivity index (χ1n) is 14.5.